The van der Waals surface area contributed by atoms with Crippen molar-refractivity contribution in [1.29, 1.82) is 0 Å². The Labute approximate surface area is 155 Å². The summed E-state index contributed by atoms with van der Waals surface area (Å²) in [6.07, 6.45) is -5.40. The first kappa shape index (κ1) is 19.3. The van der Waals surface area contributed by atoms with E-state index in [4.69, 9.17) is 4.74 Å². The van der Waals surface area contributed by atoms with Gasteiger partial charge in [0, 0.05) is 6.54 Å². The van der Waals surface area contributed by atoms with E-state index in [0.717, 1.165) is 0 Å². The van der Waals surface area contributed by atoms with Crippen molar-refractivity contribution in [3.63, 3.8) is 0 Å². The fraction of sp³-hybridized carbons (Fsp3) is 0.474. The molecule has 1 aliphatic heterocycles. The van der Waals surface area contributed by atoms with Crippen molar-refractivity contribution >= 4 is 11.6 Å². The van der Waals surface area contributed by atoms with E-state index in [9.17, 15) is 18.0 Å². The fourth-order valence-electron chi connectivity index (χ4n) is 3.20. The Balaban J connectivity index is 1.83. The van der Waals surface area contributed by atoms with E-state index in [1.165, 1.54) is 12.3 Å². The molecule has 0 aliphatic carbocycles. The molecule has 8 heteroatoms. The largest absolute Gasteiger partial charge is 0.480 e. The smallest absolute Gasteiger partial charge is 0.426 e. The third-order valence-corrected chi connectivity index (χ3v) is 4.59. The van der Waals surface area contributed by atoms with Crippen LogP contribution < -0.4 is 10.1 Å². The lowest BCUT2D eigenvalue weighted by Crippen LogP contribution is -2.49. The van der Waals surface area contributed by atoms with Crippen molar-refractivity contribution in [2.75, 3.05) is 5.32 Å². The number of carbonyl (C=O) groups is 1. The molecule has 2 atom stereocenters. The molecular weight excluding hydrogens is 359 g/mol. The highest BCUT2D eigenvalue weighted by atomic mass is 19.4. The van der Waals surface area contributed by atoms with Gasteiger partial charge in [0.25, 0.3) is 0 Å². The van der Waals surface area contributed by atoms with Gasteiger partial charge in [-0.3, -0.25) is 9.48 Å². The molecule has 0 radical (unpaired) electrons. The fourth-order valence-corrected chi connectivity index (χ4v) is 3.20. The number of halogens is 3. The minimum absolute atomic E-state index is 0.0363. The van der Waals surface area contributed by atoms with Crippen LogP contribution in [0.15, 0.2) is 30.5 Å². The number of hydrogen-bond donors (Lipinski definition) is 1. The molecule has 1 N–H and O–H groups in total. The lowest BCUT2D eigenvalue weighted by atomic mass is 9.89. The molecule has 1 aromatic heterocycles. The number of amides is 1. The van der Waals surface area contributed by atoms with Crippen LogP contribution in [0.25, 0.3) is 0 Å². The molecule has 27 heavy (non-hydrogen) atoms. The lowest BCUT2D eigenvalue weighted by Gasteiger charge is -2.33. The maximum atomic E-state index is 13.5. The number of para-hydroxylation sites is 1. The van der Waals surface area contributed by atoms with E-state index in [2.05, 4.69) is 10.4 Å². The highest BCUT2D eigenvalue weighted by Gasteiger charge is 2.51. The van der Waals surface area contributed by atoms with Crippen LogP contribution in [0.3, 0.4) is 0 Å². The monoisotopic (exact) mass is 381 g/mol. The Hall–Kier alpha value is -2.51. The Kier molecular flexibility index (Phi) is 5.17. The standard InChI is InChI=1S/C19H22F3N3O2/c1-11(2)10-25-12(3)15(9-23-25)24-18(26)14-8-13-6-4-5-7-16(13)27-17(14)19(20,21)22/h4-7,9,11,14,17H,8,10H2,1-3H3,(H,24,26)/t14-,17-/m1/s1. The Bertz CT molecular complexity index is 830. The van der Waals surface area contributed by atoms with Crippen LogP contribution in [-0.4, -0.2) is 28.0 Å². The van der Waals surface area contributed by atoms with Gasteiger partial charge in [-0.1, -0.05) is 32.0 Å². The minimum Gasteiger partial charge on any atom is -0.480 e. The second-order valence-electron chi connectivity index (χ2n) is 7.21. The van der Waals surface area contributed by atoms with Crippen LogP contribution >= 0.6 is 0 Å². The Morgan fingerprint density at radius 3 is 2.74 bits per heavy atom. The molecule has 0 fully saturated rings. The second kappa shape index (κ2) is 7.25. The van der Waals surface area contributed by atoms with Gasteiger partial charge in [-0.15, -0.1) is 0 Å². The summed E-state index contributed by atoms with van der Waals surface area (Å²) in [4.78, 5) is 12.7. The average Bonchev–Trinajstić information content (AvgIpc) is 2.92. The molecule has 3 rings (SSSR count). The van der Waals surface area contributed by atoms with Crippen molar-refractivity contribution in [2.45, 2.75) is 46.0 Å². The van der Waals surface area contributed by atoms with Crippen molar-refractivity contribution in [3.8, 4) is 5.75 Å². The summed E-state index contributed by atoms with van der Waals surface area (Å²) >= 11 is 0. The number of nitrogens with zero attached hydrogens (tertiary/aromatic N) is 2. The van der Waals surface area contributed by atoms with Gasteiger partial charge in [-0.2, -0.15) is 18.3 Å². The molecule has 0 saturated carbocycles. The maximum Gasteiger partial charge on any atom is 0.426 e. The van der Waals surface area contributed by atoms with Gasteiger partial charge in [-0.25, -0.2) is 0 Å². The first-order valence-electron chi connectivity index (χ1n) is 8.81. The number of rotatable bonds is 4. The number of alkyl halides is 3. The number of anilines is 1. The number of hydrogen-bond acceptors (Lipinski definition) is 3. The normalized spacial score (nSPS) is 19.5. The highest BCUT2D eigenvalue weighted by molar-refractivity contribution is 5.93. The number of ether oxygens (including phenoxy) is 1. The zero-order chi connectivity index (χ0) is 19.8. The zero-order valence-corrected chi connectivity index (χ0v) is 15.4. The van der Waals surface area contributed by atoms with Gasteiger partial charge in [0.1, 0.15) is 5.75 Å². The number of benzene rings is 1. The third-order valence-electron chi connectivity index (χ3n) is 4.59. The van der Waals surface area contributed by atoms with E-state index >= 15 is 0 Å². The molecular formula is C19H22F3N3O2. The molecule has 0 bridgehead atoms. The molecule has 5 nitrogen and oxygen atoms in total. The van der Waals surface area contributed by atoms with Crippen molar-refractivity contribution in [2.24, 2.45) is 11.8 Å². The number of nitrogens with one attached hydrogen (secondary N) is 1. The lowest BCUT2D eigenvalue weighted by molar-refractivity contribution is -0.212. The summed E-state index contributed by atoms with van der Waals surface area (Å²) < 4.78 is 47.3. The van der Waals surface area contributed by atoms with E-state index in [-0.39, 0.29) is 12.2 Å². The quantitative estimate of drug-likeness (QED) is 0.872. The van der Waals surface area contributed by atoms with Gasteiger partial charge >= 0.3 is 6.18 Å². The predicted molar refractivity (Wildman–Crippen MR) is 94.5 cm³/mol. The van der Waals surface area contributed by atoms with Crippen LogP contribution in [-0.2, 0) is 17.8 Å². The average molecular weight is 381 g/mol. The summed E-state index contributed by atoms with van der Waals surface area (Å²) in [5, 5.41) is 6.81. The molecule has 146 valence electrons. The first-order valence-corrected chi connectivity index (χ1v) is 8.81. The molecule has 1 aliphatic rings. The van der Waals surface area contributed by atoms with Crippen LogP contribution in [0.5, 0.6) is 5.75 Å². The van der Waals surface area contributed by atoms with Gasteiger partial charge in [0.15, 0.2) is 0 Å². The summed E-state index contributed by atoms with van der Waals surface area (Å²) in [7, 11) is 0. The molecule has 0 spiro atoms. The second-order valence-corrected chi connectivity index (χ2v) is 7.21. The van der Waals surface area contributed by atoms with E-state index < -0.39 is 24.1 Å². The summed E-state index contributed by atoms with van der Waals surface area (Å²) in [5.41, 5.74) is 1.71. The molecule has 1 amide bonds. The van der Waals surface area contributed by atoms with Gasteiger partial charge in [0.05, 0.1) is 23.5 Å². The Morgan fingerprint density at radius 2 is 2.07 bits per heavy atom. The SMILES string of the molecule is Cc1c(NC(=O)[C@@H]2Cc3ccccc3O[C@H]2C(F)(F)F)cnn1CC(C)C. The summed E-state index contributed by atoms with van der Waals surface area (Å²) in [6.45, 7) is 6.50. The van der Waals surface area contributed by atoms with E-state index in [0.29, 0.717) is 29.4 Å². The molecule has 2 aromatic rings. The van der Waals surface area contributed by atoms with E-state index in [1.54, 1.807) is 29.8 Å². The number of aromatic nitrogens is 2. The molecule has 0 unspecified atom stereocenters. The molecule has 0 saturated heterocycles. The van der Waals surface area contributed by atoms with E-state index in [1.807, 2.05) is 13.8 Å². The van der Waals surface area contributed by atoms with Crippen molar-refractivity contribution in [3.05, 3.63) is 41.7 Å². The van der Waals surface area contributed by atoms with Gasteiger partial charge < -0.3 is 10.1 Å². The third kappa shape index (κ3) is 4.09. The first-order chi connectivity index (χ1) is 12.7. The Morgan fingerprint density at radius 1 is 1.37 bits per heavy atom. The molecule has 2 heterocycles. The summed E-state index contributed by atoms with van der Waals surface area (Å²) in [5.74, 6) is -1.57. The predicted octanol–water partition coefficient (Wildman–Crippen LogP) is 3.97. The van der Waals surface area contributed by atoms with Crippen LogP contribution in [0.2, 0.25) is 0 Å². The number of carbonyl (C=O) groups excluding carboxylic acids is 1. The van der Waals surface area contributed by atoms with Crippen LogP contribution in [0.4, 0.5) is 18.9 Å². The van der Waals surface area contributed by atoms with Crippen molar-refractivity contribution in [1.82, 2.24) is 9.78 Å². The van der Waals surface area contributed by atoms with Gasteiger partial charge in [-0.05, 0) is 30.9 Å². The minimum atomic E-state index is -4.65. The zero-order valence-electron chi connectivity index (χ0n) is 15.4. The topological polar surface area (TPSA) is 56.1 Å². The highest BCUT2D eigenvalue weighted by Crippen LogP contribution is 2.38. The van der Waals surface area contributed by atoms with Crippen molar-refractivity contribution < 1.29 is 22.7 Å². The van der Waals surface area contributed by atoms with Crippen LogP contribution in [0, 0.1) is 18.8 Å². The summed E-state index contributed by atoms with van der Waals surface area (Å²) in [6, 6.07) is 6.49. The van der Waals surface area contributed by atoms with Gasteiger partial charge in [0.2, 0.25) is 12.0 Å². The molecule has 1 aromatic carbocycles. The maximum absolute atomic E-state index is 13.5. The van der Waals surface area contributed by atoms with Crippen LogP contribution in [0.1, 0.15) is 25.1 Å². The number of fused-ring (bicyclic) bond motifs is 1.